The molecule has 0 bridgehead atoms. The molecule has 2 aromatic carbocycles. The van der Waals surface area contributed by atoms with Crippen LogP contribution < -0.4 is 15.4 Å². The monoisotopic (exact) mass is 424 g/mol. The first-order chi connectivity index (χ1) is 14.8. The van der Waals surface area contributed by atoms with E-state index in [-0.39, 0.29) is 11.8 Å². The average molecular weight is 425 g/mol. The Morgan fingerprint density at radius 2 is 1.81 bits per heavy atom. The van der Waals surface area contributed by atoms with E-state index in [9.17, 15) is 9.59 Å². The summed E-state index contributed by atoms with van der Waals surface area (Å²) in [5.41, 5.74) is 11.4. The van der Waals surface area contributed by atoms with Crippen LogP contribution in [0.25, 0.3) is 0 Å². The number of rotatable bonds is 6. The predicted molar refractivity (Wildman–Crippen MR) is 122 cm³/mol. The van der Waals surface area contributed by atoms with E-state index in [2.05, 4.69) is 6.07 Å². The van der Waals surface area contributed by atoms with Crippen molar-refractivity contribution in [3.63, 3.8) is 0 Å². The zero-order chi connectivity index (χ0) is 22.5. The van der Waals surface area contributed by atoms with Gasteiger partial charge in [0.25, 0.3) is 0 Å². The minimum atomic E-state index is -0.712. The summed E-state index contributed by atoms with van der Waals surface area (Å²) >= 11 is 0. The molecule has 0 radical (unpaired) electrons. The number of carbonyl (C=O) groups excluding carboxylic acids is 2. The maximum atomic E-state index is 13.1. The second-order valence-corrected chi connectivity index (χ2v) is 8.63. The van der Waals surface area contributed by atoms with Gasteiger partial charge in [-0.3, -0.25) is 4.79 Å². The highest BCUT2D eigenvalue weighted by atomic mass is 16.7. The number of fused-ring (bicyclic) bond motifs is 1. The number of ether oxygens (including phenoxy) is 2. The Hall–Kier alpha value is -2.86. The third-order valence-electron chi connectivity index (χ3n) is 5.52. The van der Waals surface area contributed by atoms with Crippen LogP contribution in [0.15, 0.2) is 36.4 Å². The number of anilines is 1. The molecule has 0 spiro atoms. The summed E-state index contributed by atoms with van der Waals surface area (Å²) in [6.07, 6.45) is 1.63. The van der Waals surface area contributed by atoms with Crippen molar-refractivity contribution >= 4 is 17.7 Å². The number of benzene rings is 2. The zero-order valence-corrected chi connectivity index (χ0v) is 18.8. The number of para-hydroxylation sites is 1. The van der Waals surface area contributed by atoms with E-state index in [1.54, 1.807) is 12.1 Å². The molecule has 166 valence electrons. The van der Waals surface area contributed by atoms with Crippen LogP contribution in [0.1, 0.15) is 42.5 Å². The maximum absolute atomic E-state index is 13.1. The fourth-order valence-corrected chi connectivity index (χ4v) is 3.96. The summed E-state index contributed by atoms with van der Waals surface area (Å²) in [5.74, 6) is 0.602. The highest BCUT2D eigenvalue weighted by Crippen LogP contribution is 2.28. The zero-order valence-electron chi connectivity index (χ0n) is 18.8. The first kappa shape index (κ1) is 22.8. The van der Waals surface area contributed by atoms with Crippen LogP contribution in [-0.2, 0) is 22.4 Å². The second kappa shape index (κ2) is 9.96. The van der Waals surface area contributed by atoms with Gasteiger partial charge in [-0.1, -0.05) is 32.0 Å². The van der Waals surface area contributed by atoms with E-state index in [0.29, 0.717) is 25.3 Å². The van der Waals surface area contributed by atoms with Gasteiger partial charge < -0.3 is 20.1 Å². The molecule has 0 unspecified atom stereocenters. The number of nitrogens with zero attached hydrogens (tertiary/aromatic N) is 1. The van der Waals surface area contributed by atoms with Crippen LogP contribution in [0.2, 0.25) is 0 Å². The second-order valence-electron chi connectivity index (χ2n) is 8.63. The van der Waals surface area contributed by atoms with Gasteiger partial charge in [0.1, 0.15) is 5.75 Å². The average Bonchev–Trinajstić information content (AvgIpc) is 2.73. The lowest BCUT2D eigenvalue weighted by molar-refractivity contribution is -0.119. The molecule has 1 heterocycles. The number of hydrogen-bond donors (Lipinski definition) is 1. The Kier molecular flexibility index (Phi) is 7.33. The molecule has 1 atom stereocenters. The van der Waals surface area contributed by atoms with Crippen LogP contribution in [0.5, 0.6) is 5.75 Å². The molecule has 6 heteroatoms. The molecule has 1 aliphatic heterocycles. The lowest BCUT2D eigenvalue weighted by atomic mass is 9.94. The molecule has 0 aliphatic carbocycles. The third kappa shape index (κ3) is 5.64. The van der Waals surface area contributed by atoms with Crippen molar-refractivity contribution < 1.29 is 19.1 Å². The topological polar surface area (TPSA) is 81.9 Å². The molecule has 3 rings (SSSR count). The van der Waals surface area contributed by atoms with Crippen LogP contribution in [0.4, 0.5) is 10.5 Å². The predicted octanol–water partition coefficient (Wildman–Crippen LogP) is 4.32. The molecule has 2 aromatic rings. The standard InChI is InChI=1S/C25H32N2O4/c1-16(2)15-30-25(29)31-20-12-17(3)21(18(4)13-20)14-22(26)24(28)27-11-7-9-19-8-5-6-10-23(19)27/h5-6,8,10,12-13,16,22H,7,9,11,14-15,26H2,1-4H3/t22-/m1/s1. The first-order valence-corrected chi connectivity index (χ1v) is 10.9. The number of aryl methyl sites for hydroxylation is 3. The van der Waals surface area contributed by atoms with E-state index >= 15 is 0 Å². The third-order valence-corrected chi connectivity index (χ3v) is 5.52. The molecule has 1 amide bonds. The van der Waals surface area contributed by atoms with Gasteiger partial charge in [-0.25, -0.2) is 4.79 Å². The van der Waals surface area contributed by atoms with Crippen LogP contribution in [0, 0.1) is 19.8 Å². The number of nitrogens with two attached hydrogens (primary N) is 1. The van der Waals surface area contributed by atoms with Gasteiger partial charge in [0.05, 0.1) is 12.6 Å². The van der Waals surface area contributed by atoms with Gasteiger partial charge in [0.15, 0.2) is 0 Å². The van der Waals surface area contributed by atoms with Gasteiger partial charge in [-0.2, -0.15) is 0 Å². The highest BCUT2D eigenvalue weighted by molar-refractivity contribution is 5.98. The van der Waals surface area contributed by atoms with Crippen LogP contribution in [-0.4, -0.2) is 31.3 Å². The molecular weight excluding hydrogens is 392 g/mol. The molecule has 0 aromatic heterocycles. The normalized spacial score (nSPS) is 14.2. The van der Waals surface area contributed by atoms with E-state index in [1.807, 2.05) is 50.8 Å². The quantitative estimate of drug-likeness (QED) is 0.552. The smallest absolute Gasteiger partial charge is 0.434 e. The largest absolute Gasteiger partial charge is 0.513 e. The molecule has 31 heavy (non-hydrogen) atoms. The number of carbonyl (C=O) groups is 2. The van der Waals surface area contributed by atoms with E-state index in [0.717, 1.165) is 35.2 Å². The molecule has 0 saturated carbocycles. The van der Waals surface area contributed by atoms with Crippen molar-refractivity contribution in [1.82, 2.24) is 0 Å². The summed E-state index contributed by atoms with van der Waals surface area (Å²) in [4.78, 5) is 26.8. The van der Waals surface area contributed by atoms with Crippen molar-refractivity contribution in [2.75, 3.05) is 18.1 Å². The summed E-state index contributed by atoms with van der Waals surface area (Å²) in [6.45, 7) is 8.79. The Bertz CT molecular complexity index is 931. The Morgan fingerprint density at radius 3 is 2.48 bits per heavy atom. The van der Waals surface area contributed by atoms with Gasteiger partial charge in [-0.05, 0) is 79.5 Å². The lowest BCUT2D eigenvalue weighted by Crippen LogP contribution is -2.47. The van der Waals surface area contributed by atoms with Gasteiger partial charge in [0.2, 0.25) is 5.91 Å². The lowest BCUT2D eigenvalue weighted by Gasteiger charge is -2.31. The highest BCUT2D eigenvalue weighted by Gasteiger charge is 2.27. The maximum Gasteiger partial charge on any atom is 0.513 e. The fourth-order valence-electron chi connectivity index (χ4n) is 3.96. The molecule has 0 saturated heterocycles. The fraction of sp³-hybridized carbons (Fsp3) is 0.440. The SMILES string of the molecule is Cc1cc(OC(=O)OCC(C)C)cc(C)c1C[C@@H](N)C(=O)N1CCCc2ccccc21. The minimum Gasteiger partial charge on any atom is -0.434 e. The van der Waals surface area contributed by atoms with Gasteiger partial charge in [0, 0.05) is 12.2 Å². The molecule has 1 aliphatic rings. The number of amides is 1. The number of hydrogen-bond acceptors (Lipinski definition) is 5. The van der Waals surface area contributed by atoms with E-state index in [4.69, 9.17) is 15.2 Å². The Labute approximate surface area is 184 Å². The molecule has 0 fully saturated rings. The first-order valence-electron chi connectivity index (χ1n) is 10.9. The Balaban J connectivity index is 1.69. The summed E-state index contributed by atoms with van der Waals surface area (Å²) in [7, 11) is 0. The van der Waals surface area contributed by atoms with Gasteiger partial charge in [-0.15, -0.1) is 0 Å². The summed E-state index contributed by atoms with van der Waals surface area (Å²) in [6, 6.07) is 10.9. The Morgan fingerprint density at radius 1 is 1.13 bits per heavy atom. The van der Waals surface area contributed by atoms with Crippen molar-refractivity contribution in [3.05, 3.63) is 58.7 Å². The minimum absolute atomic E-state index is 0.0662. The van der Waals surface area contributed by atoms with Crippen molar-refractivity contribution in [3.8, 4) is 5.75 Å². The van der Waals surface area contributed by atoms with Crippen molar-refractivity contribution in [2.45, 2.75) is 53.0 Å². The van der Waals surface area contributed by atoms with Crippen LogP contribution >= 0.6 is 0 Å². The van der Waals surface area contributed by atoms with E-state index < -0.39 is 12.2 Å². The van der Waals surface area contributed by atoms with Crippen molar-refractivity contribution in [2.24, 2.45) is 11.7 Å². The van der Waals surface area contributed by atoms with Crippen molar-refractivity contribution in [1.29, 1.82) is 0 Å². The van der Waals surface area contributed by atoms with Gasteiger partial charge >= 0.3 is 6.16 Å². The summed E-state index contributed by atoms with van der Waals surface area (Å²) in [5, 5.41) is 0. The molecule has 6 nitrogen and oxygen atoms in total. The summed E-state index contributed by atoms with van der Waals surface area (Å²) < 4.78 is 10.4. The molecular formula is C25H32N2O4. The van der Waals surface area contributed by atoms with E-state index in [1.165, 1.54) is 5.56 Å². The molecule has 2 N–H and O–H groups in total. The van der Waals surface area contributed by atoms with Crippen LogP contribution in [0.3, 0.4) is 0 Å².